The van der Waals surface area contributed by atoms with Crippen LogP contribution in [0.25, 0.3) is 0 Å². The SMILES string of the molecule is COCC(=O)N1CCCN(C(=O)CCCn2ccnc2)CC1. The van der Waals surface area contributed by atoms with Crippen molar-refractivity contribution in [2.45, 2.75) is 25.8 Å². The van der Waals surface area contributed by atoms with Gasteiger partial charge in [-0.3, -0.25) is 9.59 Å². The fourth-order valence-electron chi connectivity index (χ4n) is 2.62. The molecule has 2 heterocycles. The number of rotatable bonds is 6. The summed E-state index contributed by atoms with van der Waals surface area (Å²) < 4.78 is 6.85. The number of amides is 2. The summed E-state index contributed by atoms with van der Waals surface area (Å²) in [7, 11) is 1.52. The van der Waals surface area contributed by atoms with Crippen LogP contribution in [0.5, 0.6) is 0 Å². The van der Waals surface area contributed by atoms with Gasteiger partial charge < -0.3 is 19.1 Å². The minimum Gasteiger partial charge on any atom is -0.375 e. The summed E-state index contributed by atoms with van der Waals surface area (Å²) in [6.45, 7) is 3.54. The number of hydrogen-bond donors (Lipinski definition) is 0. The van der Waals surface area contributed by atoms with Crippen molar-refractivity contribution >= 4 is 11.8 Å². The number of carbonyl (C=O) groups is 2. The predicted octanol–water partition coefficient (Wildman–Crippen LogP) is 0.371. The Labute approximate surface area is 130 Å². The van der Waals surface area contributed by atoms with Crippen molar-refractivity contribution in [3.05, 3.63) is 18.7 Å². The quantitative estimate of drug-likeness (QED) is 0.761. The van der Waals surface area contributed by atoms with Gasteiger partial charge >= 0.3 is 0 Å². The van der Waals surface area contributed by atoms with Gasteiger partial charge in [-0.25, -0.2) is 4.98 Å². The Morgan fingerprint density at radius 1 is 1.14 bits per heavy atom. The Morgan fingerprint density at radius 3 is 2.50 bits per heavy atom. The van der Waals surface area contributed by atoms with Crippen molar-refractivity contribution in [3.63, 3.8) is 0 Å². The van der Waals surface area contributed by atoms with Gasteiger partial charge in [0.25, 0.3) is 0 Å². The first-order valence-corrected chi connectivity index (χ1v) is 7.71. The number of aromatic nitrogens is 2. The minimum atomic E-state index is -0.00286. The summed E-state index contributed by atoms with van der Waals surface area (Å²) in [5.74, 6) is 0.165. The van der Waals surface area contributed by atoms with E-state index in [1.54, 1.807) is 17.4 Å². The second kappa shape index (κ2) is 8.53. The van der Waals surface area contributed by atoms with Crippen molar-refractivity contribution in [1.82, 2.24) is 19.4 Å². The van der Waals surface area contributed by atoms with Gasteiger partial charge in [-0.05, 0) is 12.8 Å². The van der Waals surface area contributed by atoms with Crippen LogP contribution in [-0.2, 0) is 20.9 Å². The largest absolute Gasteiger partial charge is 0.375 e. The minimum absolute atomic E-state index is 0.00286. The molecule has 1 aliphatic heterocycles. The number of nitrogens with zero attached hydrogens (tertiary/aromatic N) is 4. The van der Waals surface area contributed by atoms with Crippen molar-refractivity contribution in [2.75, 3.05) is 39.9 Å². The molecule has 0 saturated carbocycles. The van der Waals surface area contributed by atoms with E-state index in [0.29, 0.717) is 26.1 Å². The van der Waals surface area contributed by atoms with E-state index in [2.05, 4.69) is 4.98 Å². The van der Waals surface area contributed by atoms with Gasteiger partial charge in [-0.2, -0.15) is 0 Å². The molecule has 1 aliphatic rings. The molecule has 0 aliphatic carbocycles. The fourth-order valence-corrected chi connectivity index (χ4v) is 2.62. The maximum absolute atomic E-state index is 12.3. The molecule has 7 heteroatoms. The van der Waals surface area contributed by atoms with Crippen LogP contribution in [0.2, 0.25) is 0 Å². The highest BCUT2D eigenvalue weighted by atomic mass is 16.5. The standard InChI is InChI=1S/C15H24N4O3/c1-22-12-15(21)19-8-3-7-18(10-11-19)14(20)4-2-6-17-9-5-16-13-17/h5,9,13H,2-4,6-8,10-12H2,1H3. The fraction of sp³-hybridized carbons (Fsp3) is 0.667. The number of imidazole rings is 1. The van der Waals surface area contributed by atoms with Gasteiger partial charge in [0.1, 0.15) is 6.61 Å². The highest BCUT2D eigenvalue weighted by Crippen LogP contribution is 2.07. The number of carbonyl (C=O) groups excluding carboxylic acids is 2. The molecular formula is C15H24N4O3. The molecule has 1 aromatic heterocycles. The number of hydrogen-bond acceptors (Lipinski definition) is 4. The summed E-state index contributed by atoms with van der Waals surface area (Å²) in [4.78, 5) is 31.7. The molecule has 0 unspecified atom stereocenters. The van der Waals surface area contributed by atoms with Crippen LogP contribution in [0.3, 0.4) is 0 Å². The third kappa shape index (κ3) is 4.84. The van der Waals surface area contributed by atoms with Gasteiger partial charge in [0, 0.05) is 58.6 Å². The molecule has 2 rings (SSSR count). The summed E-state index contributed by atoms with van der Waals surface area (Å²) in [6, 6.07) is 0. The smallest absolute Gasteiger partial charge is 0.248 e. The summed E-state index contributed by atoms with van der Waals surface area (Å²) >= 11 is 0. The maximum Gasteiger partial charge on any atom is 0.248 e. The molecule has 0 atom stereocenters. The highest BCUT2D eigenvalue weighted by Gasteiger charge is 2.21. The topological polar surface area (TPSA) is 67.7 Å². The predicted molar refractivity (Wildman–Crippen MR) is 81.1 cm³/mol. The van der Waals surface area contributed by atoms with Crippen LogP contribution in [0.15, 0.2) is 18.7 Å². The molecule has 0 spiro atoms. The van der Waals surface area contributed by atoms with E-state index in [-0.39, 0.29) is 18.4 Å². The zero-order chi connectivity index (χ0) is 15.8. The van der Waals surface area contributed by atoms with Gasteiger partial charge in [-0.1, -0.05) is 0 Å². The molecule has 2 amide bonds. The Balaban J connectivity index is 1.73. The molecular weight excluding hydrogens is 284 g/mol. The van der Waals surface area contributed by atoms with Crippen molar-refractivity contribution in [3.8, 4) is 0 Å². The highest BCUT2D eigenvalue weighted by molar-refractivity contribution is 5.78. The first-order valence-electron chi connectivity index (χ1n) is 7.71. The van der Waals surface area contributed by atoms with Gasteiger partial charge in [-0.15, -0.1) is 0 Å². The van der Waals surface area contributed by atoms with Crippen molar-refractivity contribution in [1.29, 1.82) is 0 Å². The normalized spacial score (nSPS) is 15.7. The lowest BCUT2D eigenvalue weighted by Crippen LogP contribution is -2.38. The summed E-state index contributed by atoms with van der Waals surface area (Å²) in [6.07, 6.45) is 7.55. The first kappa shape index (κ1) is 16.5. The molecule has 0 N–H and O–H groups in total. The van der Waals surface area contributed by atoms with Crippen LogP contribution in [0.4, 0.5) is 0 Å². The lowest BCUT2D eigenvalue weighted by Gasteiger charge is -2.22. The van der Waals surface area contributed by atoms with E-state index in [1.807, 2.05) is 15.7 Å². The molecule has 0 bridgehead atoms. The third-order valence-electron chi connectivity index (χ3n) is 3.84. The van der Waals surface area contributed by atoms with E-state index in [1.165, 1.54) is 7.11 Å². The van der Waals surface area contributed by atoms with Crippen LogP contribution in [0, 0.1) is 0 Å². The van der Waals surface area contributed by atoms with E-state index in [9.17, 15) is 9.59 Å². The molecule has 1 fully saturated rings. The average Bonchev–Trinajstić information content (AvgIpc) is 2.89. The summed E-state index contributed by atoms with van der Waals surface area (Å²) in [5.41, 5.74) is 0. The molecule has 0 aromatic carbocycles. The average molecular weight is 308 g/mol. The zero-order valence-electron chi connectivity index (χ0n) is 13.1. The molecule has 1 saturated heterocycles. The lowest BCUT2D eigenvalue weighted by molar-refractivity contribution is -0.136. The Hall–Kier alpha value is -1.89. The first-order chi connectivity index (χ1) is 10.7. The van der Waals surface area contributed by atoms with Crippen LogP contribution in [-0.4, -0.2) is 71.1 Å². The van der Waals surface area contributed by atoms with Gasteiger partial charge in [0.05, 0.1) is 6.33 Å². The molecule has 7 nitrogen and oxygen atoms in total. The molecule has 22 heavy (non-hydrogen) atoms. The summed E-state index contributed by atoms with van der Waals surface area (Å²) in [5, 5.41) is 0. The van der Waals surface area contributed by atoms with Crippen LogP contribution in [0.1, 0.15) is 19.3 Å². The van der Waals surface area contributed by atoms with Crippen molar-refractivity contribution < 1.29 is 14.3 Å². The number of aryl methyl sites for hydroxylation is 1. The molecule has 1 aromatic rings. The zero-order valence-corrected chi connectivity index (χ0v) is 13.1. The van der Waals surface area contributed by atoms with E-state index < -0.39 is 0 Å². The third-order valence-corrected chi connectivity index (χ3v) is 3.84. The second-order valence-electron chi connectivity index (χ2n) is 5.45. The molecule has 0 radical (unpaired) electrons. The van der Waals surface area contributed by atoms with E-state index >= 15 is 0 Å². The second-order valence-corrected chi connectivity index (χ2v) is 5.45. The van der Waals surface area contributed by atoms with E-state index in [4.69, 9.17) is 4.74 Å². The number of ether oxygens (including phenoxy) is 1. The van der Waals surface area contributed by atoms with E-state index in [0.717, 1.165) is 25.9 Å². The monoisotopic (exact) mass is 308 g/mol. The molecule has 122 valence electrons. The van der Waals surface area contributed by atoms with Crippen LogP contribution >= 0.6 is 0 Å². The Morgan fingerprint density at radius 2 is 1.86 bits per heavy atom. The Bertz CT molecular complexity index is 475. The van der Waals surface area contributed by atoms with Crippen LogP contribution < -0.4 is 0 Å². The van der Waals surface area contributed by atoms with Crippen molar-refractivity contribution in [2.24, 2.45) is 0 Å². The Kier molecular flexibility index (Phi) is 6.39. The van der Waals surface area contributed by atoms with Gasteiger partial charge in [0.15, 0.2) is 0 Å². The van der Waals surface area contributed by atoms with Gasteiger partial charge in [0.2, 0.25) is 11.8 Å². The maximum atomic E-state index is 12.3. The lowest BCUT2D eigenvalue weighted by atomic mass is 10.2. The number of methoxy groups -OCH3 is 1.